The highest BCUT2D eigenvalue weighted by molar-refractivity contribution is 5.18. The summed E-state index contributed by atoms with van der Waals surface area (Å²) in [4.78, 5) is 0. The van der Waals surface area contributed by atoms with Gasteiger partial charge in [-0.1, -0.05) is 19.1 Å². The molecule has 0 spiro atoms. The molecule has 0 radical (unpaired) electrons. The quantitative estimate of drug-likeness (QED) is 0.472. The maximum absolute atomic E-state index is 12.5. The number of allylic oxidation sites excluding steroid dienone is 4. The Hall–Kier alpha value is -0.660. The molecule has 2 unspecified atom stereocenters. The molecule has 0 saturated heterocycles. The predicted octanol–water partition coefficient (Wildman–Crippen LogP) is 2.38. The van der Waals surface area contributed by atoms with Crippen LogP contribution in [0.25, 0.3) is 0 Å². The molecule has 0 aromatic heterocycles. The minimum atomic E-state index is -1.42. The molecular weight excluding hydrogens is 122 g/mol. The Morgan fingerprint density at radius 2 is 2.22 bits per heavy atom. The number of hydrogen-bond donors (Lipinski definition) is 0. The summed E-state index contributed by atoms with van der Waals surface area (Å²) >= 11 is 0. The number of halogens is 2. The molecule has 0 bridgehead atoms. The van der Waals surface area contributed by atoms with Crippen molar-refractivity contribution in [3.63, 3.8) is 0 Å². The maximum atomic E-state index is 12.5. The van der Waals surface area contributed by atoms with Crippen molar-refractivity contribution >= 4 is 0 Å². The van der Waals surface area contributed by atoms with E-state index in [1.165, 1.54) is 6.08 Å². The van der Waals surface area contributed by atoms with Crippen LogP contribution in [-0.4, -0.2) is 6.17 Å². The zero-order valence-corrected chi connectivity index (χ0v) is 5.14. The summed E-state index contributed by atoms with van der Waals surface area (Å²) in [5.41, 5.74) is 0. The van der Waals surface area contributed by atoms with E-state index in [4.69, 9.17) is 0 Å². The number of rotatable bonds is 0. The Balaban J connectivity index is 2.73. The topological polar surface area (TPSA) is 0 Å². The van der Waals surface area contributed by atoms with E-state index in [1.807, 2.05) is 0 Å². The molecular formula is C7H8F2. The molecule has 0 amide bonds. The molecule has 0 fully saturated rings. The van der Waals surface area contributed by atoms with Crippen molar-refractivity contribution in [2.75, 3.05) is 0 Å². The SMILES string of the molecule is CC1C=CC=C(F)C1F. The summed E-state index contributed by atoms with van der Waals surface area (Å²) < 4.78 is 24.7. The summed E-state index contributed by atoms with van der Waals surface area (Å²) in [6.45, 7) is 1.65. The lowest BCUT2D eigenvalue weighted by Crippen LogP contribution is -2.12. The van der Waals surface area contributed by atoms with Gasteiger partial charge in [-0.2, -0.15) is 0 Å². The van der Waals surface area contributed by atoms with Crippen LogP contribution in [0.1, 0.15) is 6.92 Å². The first-order valence-electron chi connectivity index (χ1n) is 2.90. The van der Waals surface area contributed by atoms with Gasteiger partial charge in [0.05, 0.1) is 0 Å². The van der Waals surface area contributed by atoms with Crippen molar-refractivity contribution in [3.05, 3.63) is 24.1 Å². The van der Waals surface area contributed by atoms with Crippen LogP contribution in [0, 0.1) is 5.92 Å². The largest absolute Gasteiger partial charge is 0.239 e. The van der Waals surface area contributed by atoms with Crippen molar-refractivity contribution in [1.29, 1.82) is 0 Å². The monoisotopic (exact) mass is 130 g/mol. The molecule has 9 heavy (non-hydrogen) atoms. The molecule has 1 aliphatic rings. The third kappa shape index (κ3) is 1.18. The second-order valence-electron chi connectivity index (χ2n) is 2.20. The Labute approximate surface area is 52.9 Å². The molecule has 1 aliphatic carbocycles. The van der Waals surface area contributed by atoms with Gasteiger partial charge >= 0.3 is 0 Å². The van der Waals surface area contributed by atoms with Crippen molar-refractivity contribution in [3.8, 4) is 0 Å². The van der Waals surface area contributed by atoms with Gasteiger partial charge in [0.2, 0.25) is 0 Å². The highest BCUT2D eigenvalue weighted by Crippen LogP contribution is 2.22. The lowest BCUT2D eigenvalue weighted by molar-refractivity contribution is 0.271. The van der Waals surface area contributed by atoms with Crippen LogP contribution in [0.4, 0.5) is 8.78 Å². The first kappa shape index (κ1) is 6.46. The van der Waals surface area contributed by atoms with Crippen molar-refractivity contribution in [2.24, 2.45) is 5.92 Å². The molecule has 0 aromatic carbocycles. The zero-order chi connectivity index (χ0) is 6.85. The average Bonchev–Trinajstić information content (AvgIpc) is 1.83. The van der Waals surface area contributed by atoms with Crippen molar-refractivity contribution < 1.29 is 8.78 Å². The predicted molar refractivity (Wildman–Crippen MR) is 32.4 cm³/mol. The Bertz CT molecular complexity index is 158. The minimum absolute atomic E-state index is 0.310. The van der Waals surface area contributed by atoms with Gasteiger partial charge in [-0.15, -0.1) is 0 Å². The van der Waals surface area contributed by atoms with Crippen molar-refractivity contribution in [2.45, 2.75) is 13.1 Å². The summed E-state index contributed by atoms with van der Waals surface area (Å²) in [6.07, 6.45) is 2.92. The smallest absolute Gasteiger partial charge is 0.157 e. The van der Waals surface area contributed by atoms with E-state index in [2.05, 4.69) is 0 Å². The fraction of sp³-hybridized carbons (Fsp3) is 0.429. The third-order valence-electron chi connectivity index (χ3n) is 1.40. The summed E-state index contributed by atoms with van der Waals surface area (Å²) in [6, 6.07) is 0. The molecule has 0 heterocycles. The molecule has 50 valence electrons. The highest BCUT2D eigenvalue weighted by atomic mass is 19.2. The standard InChI is InChI=1S/C7H8F2/c1-5-3-2-4-6(8)7(5)9/h2-5,7H,1H3. The van der Waals surface area contributed by atoms with E-state index in [1.54, 1.807) is 13.0 Å². The molecule has 0 nitrogen and oxygen atoms in total. The Morgan fingerprint density at radius 1 is 1.56 bits per heavy atom. The van der Waals surface area contributed by atoms with Crippen LogP contribution in [0.2, 0.25) is 0 Å². The summed E-state index contributed by atoms with van der Waals surface area (Å²) in [7, 11) is 0. The van der Waals surface area contributed by atoms with Gasteiger partial charge in [0.25, 0.3) is 0 Å². The van der Waals surface area contributed by atoms with E-state index in [0.717, 1.165) is 6.08 Å². The lowest BCUT2D eigenvalue weighted by Gasteiger charge is -2.13. The Morgan fingerprint density at radius 3 is 2.67 bits per heavy atom. The van der Waals surface area contributed by atoms with Gasteiger partial charge in [0.15, 0.2) is 6.17 Å². The molecule has 0 N–H and O–H groups in total. The van der Waals surface area contributed by atoms with Crippen LogP contribution in [-0.2, 0) is 0 Å². The van der Waals surface area contributed by atoms with E-state index in [9.17, 15) is 8.78 Å². The van der Waals surface area contributed by atoms with Crippen LogP contribution >= 0.6 is 0 Å². The zero-order valence-electron chi connectivity index (χ0n) is 5.14. The van der Waals surface area contributed by atoms with Crippen LogP contribution in [0.5, 0.6) is 0 Å². The molecule has 0 saturated carbocycles. The highest BCUT2D eigenvalue weighted by Gasteiger charge is 2.20. The maximum Gasteiger partial charge on any atom is 0.157 e. The normalized spacial score (nSPS) is 34.3. The Kier molecular flexibility index (Phi) is 1.65. The van der Waals surface area contributed by atoms with Gasteiger partial charge in [-0.05, 0) is 6.08 Å². The summed E-state index contributed by atoms with van der Waals surface area (Å²) in [5.74, 6) is -0.972. The second kappa shape index (κ2) is 2.29. The van der Waals surface area contributed by atoms with E-state index in [-0.39, 0.29) is 5.92 Å². The second-order valence-corrected chi connectivity index (χ2v) is 2.20. The van der Waals surface area contributed by atoms with Gasteiger partial charge in [0, 0.05) is 5.92 Å². The van der Waals surface area contributed by atoms with Crippen molar-refractivity contribution in [1.82, 2.24) is 0 Å². The molecule has 2 atom stereocenters. The number of alkyl halides is 1. The fourth-order valence-corrected chi connectivity index (χ4v) is 0.763. The van der Waals surface area contributed by atoms with Gasteiger partial charge in [-0.25, -0.2) is 8.78 Å². The molecule has 1 rings (SSSR count). The molecule has 0 aromatic rings. The van der Waals surface area contributed by atoms with E-state index < -0.39 is 12.0 Å². The van der Waals surface area contributed by atoms with Crippen LogP contribution < -0.4 is 0 Å². The van der Waals surface area contributed by atoms with E-state index in [0.29, 0.717) is 0 Å². The molecule has 2 heteroatoms. The van der Waals surface area contributed by atoms with Gasteiger partial charge in [0.1, 0.15) is 5.83 Å². The van der Waals surface area contributed by atoms with Gasteiger partial charge in [-0.3, -0.25) is 0 Å². The first-order valence-corrected chi connectivity index (χ1v) is 2.90. The molecule has 0 aliphatic heterocycles. The fourth-order valence-electron chi connectivity index (χ4n) is 0.763. The summed E-state index contributed by atoms with van der Waals surface area (Å²) in [5, 5.41) is 0. The average molecular weight is 130 g/mol. The minimum Gasteiger partial charge on any atom is -0.239 e. The van der Waals surface area contributed by atoms with Crippen LogP contribution in [0.15, 0.2) is 24.1 Å². The van der Waals surface area contributed by atoms with E-state index >= 15 is 0 Å². The lowest BCUT2D eigenvalue weighted by atomic mass is 10.0. The third-order valence-corrected chi connectivity index (χ3v) is 1.40. The van der Waals surface area contributed by atoms with Gasteiger partial charge < -0.3 is 0 Å². The number of hydrogen-bond acceptors (Lipinski definition) is 0. The first-order chi connectivity index (χ1) is 4.22. The van der Waals surface area contributed by atoms with Crippen LogP contribution in [0.3, 0.4) is 0 Å².